The van der Waals surface area contributed by atoms with E-state index in [1.165, 1.54) is 12.1 Å². The average molecular weight is 199 g/mol. The first-order chi connectivity index (χ1) is 6.74. The first-order valence-electron chi connectivity index (χ1n) is 4.49. The van der Waals surface area contributed by atoms with Gasteiger partial charge in [-0.05, 0) is 25.1 Å². The number of aliphatic hydroxyl groups is 1. The Labute approximate surface area is 82.3 Å². The summed E-state index contributed by atoms with van der Waals surface area (Å²) in [5.41, 5.74) is 5.24. The fourth-order valence-corrected chi connectivity index (χ4v) is 1.02. The SMILES string of the molecule is NCCC(O)COc1ccccc1F. The minimum atomic E-state index is -0.639. The molecule has 0 saturated carbocycles. The maximum absolute atomic E-state index is 13.0. The van der Waals surface area contributed by atoms with Crippen molar-refractivity contribution in [3.63, 3.8) is 0 Å². The van der Waals surface area contributed by atoms with Crippen LogP contribution in [0.4, 0.5) is 4.39 Å². The lowest BCUT2D eigenvalue weighted by atomic mass is 10.3. The molecule has 78 valence electrons. The van der Waals surface area contributed by atoms with E-state index in [9.17, 15) is 9.50 Å². The highest BCUT2D eigenvalue weighted by Crippen LogP contribution is 2.15. The highest BCUT2D eigenvalue weighted by molar-refractivity contribution is 5.23. The van der Waals surface area contributed by atoms with Crippen molar-refractivity contribution in [3.8, 4) is 5.75 Å². The molecule has 1 rings (SSSR count). The van der Waals surface area contributed by atoms with Gasteiger partial charge in [0.25, 0.3) is 0 Å². The maximum Gasteiger partial charge on any atom is 0.165 e. The highest BCUT2D eigenvalue weighted by Gasteiger charge is 2.06. The van der Waals surface area contributed by atoms with Crippen molar-refractivity contribution in [1.82, 2.24) is 0 Å². The molecule has 0 aliphatic heterocycles. The molecule has 0 radical (unpaired) electrons. The molecular weight excluding hydrogens is 185 g/mol. The van der Waals surface area contributed by atoms with Gasteiger partial charge in [0.1, 0.15) is 6.61 Å². The molecule has 1 aromatic rings. The summed E-state index contributed by atoms with van der Waals surface area (Å²) >= 11 is 0. The van der Waals surface area contributed by atoms with Gasteiger partial charge in [-0.2, -0.15) is 0 Å². The molecule has 3 nitrogen and oxygen atoms in total. The molecule has 0 aromatic heterocycles. The summed E-state index contributed by atoms with van der Waals surface area (Å²) in [7, 11) is 0. The predicted octanol–water partition coefficient (Wildman–Crippen LogP) is 0.914. The van der Waals surface area contributed by atoms with Crippen molar-refractivity contribution in [2.24, 2.45) is 5.73 Å². The zero-order valence-electron chi connectivity index (χ0n) is 7.82. The Morgan fingerprint density at radius 3 is 2.79 bits per heavy atom. The summed E-state index contributed by atoms with van der Waals surface area (Å²) in [5, 5.41) is 9.27. The molecule has 0 spiro atoms. The van der Waals surface area contributed by atoms with Crippen molar-refractivity contribution in [1.29, 1.82) is 0 Å². The first kappa shape index (κ1) is 10.9. The van der Waals surface area contributed by atoms with E-state index in [1.54, 1.807) is 12.1 Å². The van der Waals surface area contributed by atoms with Crippen LogP contribution >= 0.6 is 0 Å². The highest BCUT2D eigenvalue weighted by atomic mass is 19.1. The van der Waals surface area contributed by atoms with E-state index >= 15 is 0 Å². The molecule has 0 amide bonds. The molecule has 0 aliphatic carbocycles. The monoisotopic (exact) mass is 199 g/mol. The molecule has 0 fully saturated rings. The van der Waals surface area contributed by atoms with Gasteiger partial charge < -0.3 is 15.6 Å². The molecule has 0 bridgehead atoms. The van der Waals surface area contributed by atoms with E-state index < -0.39 is 11.9 Å². The zero-order valence-corrected chi connectivity index (χ0v) is 7.82. The van der Waals surface area contributed by atoms with Gasteiger partial charge in [-0.1, -0.05) is 12.1 Å². The number of nitrogens with two attached hydrogens (primary N) is 1. The van der Waals surface area contributed by atoms with Gasteiger partial charge in [0.15, 0.2) is 11.6 Å². The largest absolute Gasteiger partial charge is 0.488 e. The van der Waals surface area contributed by atoms with Gasteiger partial charge in [-0.15, -0.1) is 0 Å². The average Bonchev–Trinajstić information content (AvgIpc) is 2.17. The van der Waals surface area contributed by atoms with Crippen molar-refractivity contribution >= 4 is 0 Å². The van der Waals surface area contributed by atoms with Gasteiger partial charge in [-0.3, -0.25) is 0 Å². The van der Waals surface area contributed by atoms with Crippen molar-refractivity contribution in [2.45, 2.75) is 12.5 Å². The van der Waals surface area contributed by atoms with Crippen molar-refractivity contribution in [3.05, 3.63) is 30.1 Å². The van der Waals surface area contributed by atoms with Crippen LogP contribution < -0.4 is 10.5 Å². The molecular formula is C10H14FNO2. The maximum atomic E-state index is 13.0. The lowest BCUT2D eigenvalue weighted by Gasteiger charge is -2.11. The lowest BCUT2D eigenvalue weighted by Crippen LogP contribution is -2.21. The summed E-state index contributed by atoms with van der Waals surface area (Å²) in [6, 6.07) is 6.08. The molecule has 1 atom stereocenters. The van der Waals surface area contributed by atoms with E-state index in [1.807, 2.05) is 0 Å². The second kappa shape index (κ2) is 5.57. The van der Waals surface area contributed by atoms with Crippen LogP contribution in [0.3, 0.4) is 0 Å². The van der Waals surface area contributed by atoms with E-state index in [2.05, 4.69) is 0 Å². The molecule has 0 saturated heterocycles. The van der Waals surface area contributed by atoms with E-state index in [0.717, 1.165) is 0 Å². The minimum Gasteiger partial charge on any atom is -0.488 e. The normalized spacial score (nSPS) is 12.5. The number of benzene rings is 1. The van der Waals surface area contributed by atoms with Crippen LogP contribution in [0.5, 0.6) is 5.75 Å². The third kappa shape index (κ3) is 3.32. The van der Waals surface area contributed by atoms with Crippen LogP contribution in [0, 0.1) is 5.82 Å². The smallest absolute Gasteiger partial charge is 0.165 e. The first-order valence-corrected chi connectivity index (χ1v) is 4.49. The van der Waals surface area contributed by atoms with Gasteiger partial charge in [0.05, 0.1) is 6.10 Å². The number of halogens is 1. The Kier molecular flexibility index (Phi) is 4.35. The second-order valence-corrected chi connectivity index (χ2v) is 2.97. The summed E-state index contributed by atoms with van der Waals surface area (Å²) in [6.45, 7) is 0.458. The quantitative estimate of drug-likeness (QED) is 0.741. The van der Waals surface area contributed by atoms with Crippen molar-refractivity contribution < 1.29 is 14.2 Å². The van der Waals surface area contributed by atoms with Crippen LogP contribution in [-0.2, 0) is 0 Å². The van der Waals surface area contributed by atoms with Crippen LogP contribution in [0.15, 0.2) is 24.3 Å². The fourth-order valence-electron chi connectivity index (χ4n) is 1.02. The van der Waals surface area contributed by atoms with Gasteiger partial charge in [0, 0.05) is 0 Å². The van der Waals surface area contributed by atoms with E-state index in [-0.39, 0.29) is 12.4 Å². The third-order valence-electron chi connectivity index (χ3n) is 1.77. The van der Waals surface area contributed by atoms with Crippen LogP contribution in [0.2, 0.25) is 0 Å². The van der Waals surface area contributed by atoms with Gasteiger partial charge in [0.2, 0.25) is 0 Å². The fraction of sp³-hybridized carbons (Fsp3) is 0.400. The molecule has 14 heavy (non-hydrogen) atoms. The Hall–Kier alpha value is -1.13. The predicted molar refractivity (Wildman–Crippen MR) is 51.6 cm³/mol. The summed E-state index contributed by atoms with van der Waals surface area (Å²) < 4.78 is 18.1. The number of ether oxygens (including phenoxy) is 1. The number of para-hydroxylation sites is 1. The summed E-state index contributed by atoms with van der Waals surface area (Å²) in [6.07, 6.45) is -0.186. The number of aliphatic hydroxyl groups excluding tert-OH is 1. The van der Waals surface area contributed by atoms with E-state index in [0.29, 0.717) is 13.0 Å². The van der Waals surface area contributed by atoms with Crippen LogP contribution in [0.25, 0.3) is 0 Å². The third-order valence-corrected chi connectivity index (χ3v) is 1.77. The second-order valence-electron chi connectivity index (χ2n) is 2.97. The van der Waals surface area contributed by atoms with Gasteiger partial charge in [-0.25, -0.2) is 4.39 Å². The summed E-state index contributed by atoms with van der Waals surface area (Å²) in [5.74, 6) is -0.268. The Bertz CT molecular complexity index is 281. The topological polar surface area (TPSA) is 55.5 Å². The Morgan fingerprint density at radius 1 is 1.43 bits per heavy atom. The van der Waals surface area contributed by atoms with E-state index in [4.69, 9.17) is 10.5 Å². The molecule has 1 unspecified atom stereocenters. The number of hydrogen-bond acceptors (Lipinski definition) is 3. The molecule has 0 aliphatic rings. The van der Waals surface area contributed by atoms with Gasteiger partial charge >= 0.3 is 0 Å². The number of hydrogen-bond donors (Lipinski definition) is 2. The number of rotatable bonds is 5. The Morgan fingerprint density at radius 2 is 2.14 bits per heavy atom. The molecule has 4 heteroatoms. The van der Waals surface area contributed by atoms with Crippen molar-refractivity contribution in [2.75, 3.05) is 13.2 Å². The molecule has 0 heterocycles. The molecule has 3 N–H and O–H groups in total. The Balaban J connectivity index is 2.41. The molecule has 1 aromatic carbocycles. The van der Waals surface area contributed by atoms with Crippen LogP contribution in [-0.4, -0.2) is 24.4 Å². The van der Waals surface area contributed by atoms with Crippen LogP contribution in [0.1, 0.15) is 6.42 Å². The standard InChI is InChI=1S/C10H14FNO2/c11-9-3-1-2-4-10(9)14-7-8(13)5-6-12/h1-4,8,13H,5-7,12H2. The summed E-state index contributed by atoms with van der Waals surface area (Å²) in [4.78, 5) is 0. The lowest BCUT2D eigenvalue weighted by molar-refractivity contribution is 0.0998. The minimum absolute atomic E-state index is 0.0676. The zero-order chi connectivity index (χ0) is 10.4.